The van der Waals surface area contributed by atoms with E-state index in [4.69, 9.17) is 9.47 Å². The number of nitrogens with zero attached hydrogens (tertiary/aromatic N) is 2. The number of anilines is 1. The Bertz CT molecular complexity index is 1400. The summed E-state index contributed by atoms with van der Waals surface area (Å²) >= 11 is 2.32. The summed E-state index contributed by atoms with van der Waals surface area (Å²) < 4.78 is 11.0. The van der Waals surface area contributed by atoms with Gasteiger partial charge in [0.05, 0.1) is 29.8 Å². The van der Waals surface area contributed by atoms with Gasteiger partial charge in [-0.15, -0.1) is 0 Å². The van der Waals surface area contributed by atoms with Crippen LogP contribution in [0.2, 0.25) is 0 Å². The van der Waals surface area contributed by atoms with Crippen LogP contribution in [0.15, 0.2) is 64.4 Å². The van der Waals surface area contributed by atoms with Gasteiger partial charge in [0.1, 0.15) is 11.0 Å². The Hall–Kier alpha value is -3.41. The molecule has 3 amide bonds. The molecule has 11 heteroatoms. The number of ether oxygens (including phenoxy) is 2. The minimum absolute atomic E-state index is 0.0767. The smallest absolute Gasteiger partial charge is 0.305 e. The van der Waals surface area contributed by atoms with Gasteiger partial charge in [0, 0.05) is 23.9 Å². The van der Waals surface area contributed by atoms with Gasteiger partial charge in [-0.05, 0) is 29.8 Å². The van der Waals surface area contributed by atoms with E-state index in [2.05, 4.69) is 4.98 Å². The number of imide groups is 1. The molecule has 3 aliphatic heterocycles. The first kappa shape index (κ1) is 24.0. The number of benzene rings is 2. The number of thiazole rings is 1. The highest BCUT2D eigenvalue weighted by molar-refractivity contribution is 8.00. The quantitative estimate of drug-likeness (QED) is 0.498. The molecule has 1 aromatic heterocycles. The van der Waals surface area contributed by atoms with Gasteiger partial charge in [-0.3, -0.25) is 19.2 Å². The predicted octanol–water partition coefficient (Wildman–Crippen LogP) is 2.47. The number of hydrogen-bond acceptors (Lipinski definition) is 8. The van der Waals surface area contributed by atoms with Crippen molar-refractivity contribution in [2.75, 3.05) is 37.8 Å². The minimum atomic E-state index is -0.647. The maximum absolute atomic E-state index is 13.7. The van der Waals surface area contributed by atoms with E-state index >= 15 is 0 Å². The summed E-state index contributed by atoms with van der Waals surface area (Å²) in [6.07, 6.45) is 0. The Labute approximate surface area is 220 Å². The van der Waals surface area contributed by atoms with Crippen LogP contribution in [0.4, 0.5) is 5.69 Å². The zero-order valence-electron chi connectivity index (χ0n) is 19.6. The molecule has 3 atom stereocenters. The van der Waals surface area contributed by atoms with E-state index in [0.717, 1.165) is 21.8 Å². The van der Waals surface area contributed by atoms with Crippen LogP contribution in [0.5, 0.6) is 5.75 Å². The molecule has 37 heavy (non-hydrogen) atoms. The summed E-state index contributed by atoms with van der Waals surface area (Å²) in [7, 11) is 0. The molecule has 0 aliphatic carbocycles. The highest BCUT2D eigenvalue weighted by Crippen LogP contribution is 2.53. The van der Waals surface area contributed by atoms with Gasteiger partial charge in [-0.1, -0.05) is 53.4 Å². The third-order valence-electron chi connectivity index (χ3n) is 6.80. The van der Waals surface area contributed by atoms with Gasteiger partial charge in [0.2, 0.25) is 11.8 Å². The molecule has 4 heterocycles. The monoisotopic (exact) mass is 537 g/mol. The summed E-state index contributed by atoms with van der Waals surface area (Å²) in [4.78, 5) is 58.1. The first-order valence-electron chi connectivity index (χ1n) is 11.9. The van der Waals surface area contributed by atoms with E-state index in [9.17, 15) is 19.2 Å². The van der Waals surface area contributed by atoms with Crippen molar-refractivity contribution < 1.29 is 23.9 Å². The predicted molar refractivity (Wildman–Crippen MR) is 138 cm³/mol. The number of nitrogens with one attached hydrogen (secondary N) is 1. The van der Waals surface area contributed by atoms with E-state index < -0.39 is 17.1 Å². The van der Waals surface area contributed by atoms with E-state index in [1.54, 1.807) is 41.3 Å². The summed E-state index contributed by atoms with van der Waals surface area (Å²) in [6.45, 7) is 2.08. The number of morpholine rings is 1. The number of carbonyl (C=O) groups is 3. The largest absolute Gasteiger partial charge is 0.484 e. The first-order valence-corrected chi connectivity index (χ1v) is 13.6. The maximum Gasteiger partial charge on any atom is 0.305 e. The molecule has 2 fully saturated rings. The molecule has 0 bridgehead atoms. The second-order valence-electron chi connectivity index (χ2n) is 8.95. The van der Waals surface area contributed by atoms with Crippen LogP contribution >= 0.6 is 23.1 Å². The fourth-order valence-corrected chi connectivity index (χ4v) is 7.54. The molecule has 2 saturated heterocycles. The molecule has 190 valence electrons. The number of hydrogen-bond donors (Lipinski definition) is 1. The van der Waals surface area contributed by atoms with Crippen molar-refractivity contribution >= 4 is 46.5 Å². The molecule has 9 nitrogen and oxygen atoms in total. The van der Waals surface area contributed by atoms with Crippen molar-refractivity contribution in [1.29, 1.82) is 0 Å². The SMILES string of the molecule is O=C(COc1ccc([C@@H]2c3sc(=O)[nH]c3S[C@H]3C(=O)N(c4ccccc4)C(=O)[C@@H]23)cc1)N1CCOCC1. The molecular formula is C26H23N3O6S2. The first-order chi connectivity index (χ1) is 18.0. The number of carbonyl (C=O) groups excluding carboxylic acids is 3. The van der Waals surface area contributed by atoms with Crippen LogP contribution in [0, 0.1) is 5.92 Å². The second kappa shape index (κ2) is 9.81. The van der Waals surface area contributed by atoms with E-state index in [1.807, 2.05) is 18.2 Å². The Morgan fingerprint density at radius 1 is 1.00 bits per heavy atom. The standard InChI is InChI=1S/C26H23N3O6S2/c30-18(28-10-12-34-13-11-28)14-35-17-8-6-15(7-9-17)19-20-22(36-23-21(19)37-26(33)27-23)25(32)29(24(20)31)16-4-2-1-3-5-16/h1-9,19-20,22H,10-14H2,(H,27,33)/t19-,20-,22+/m0/s1. The molecule has 6 rings (SSSR count). The lowest BCUT2D eigenvalue weighted by Crippen LogP contribution is -2.42. The van der Waals surface area contributed by atoms with Crippen molar-refractivity contribution in [3.63, 3.8) is 0 Å². The van der Waals surface area contributed by atoms with Crippen LogP contribution in [-0.4, -0.2) is 65.8 Å². The molecule has 3 aliphatic rings. The van der Waals surface area contributed by atoms with Gasteiger partial charge < -0.3 is 19.4 Å². The third-order valence-corrected chi connectivity index (χ3v) is 9.20. The number of fused-ring (bicyclic) bond motifs is 2. The molecule has 0 unspecified atom stereocenters. The Balaban J connectivity index is 1.27. The number of para-hydroxylation sites is 1. The Morgan fingerprint density at radius 2 is 1.73 bits per heavy atom. The fourth-order valence-electron chi connectivity index (χ4n) is 5.03. The van der Waals surface area contributed by atoms with Crippen molar-refractivity contribution in [3.05, 3.63) is 74.7 Å². The number of thioether (sulfide) groups is 1. The molecule has 0 spiro atoms. The number of amides is 3. The van der Waals surface area contributed by atoms with Gasteiger partial charge in [0.25, 0.3) is 5.91 Å². The van der Waals surface area contributed by atoms with Crippen molar-refractivity contribution in [2.24, 2.45) is 5.92 Å². The number of H-pyrrole nitrogens is 1. The van der Waals surface area contributed by atoms with Gasteiger partial charge in [0.15, 0.2) is 6.61 Å². The summed E-state index contributed by atoms with van der Waals surface area (Å²) in [5, 5.41) is -0.00808. The van der Waals surface area contributed by atoms with Crippen LogP contribution in [0.25, 0.3) is 0 Å². The molecule has 0 saturated carbocycles. The molecule has 3 aromatic rings. The average Bonchev–Trinajstić information content (AvgIpc) is 3.42. The fraction of sp³-hybridized carbons (Fsp3) is 0.308. The summed E-state index contributed by atoms with van der Waals surface area (Å²) in [5.41, 5.74) is 1.34. The average molecular weight is 538 g/mol. The van der Waals surface area contributed by atoms with E-state index in [1.165, 1.54) is 16.7 Å². The van der Waals surface area contributed by atoms with Gasteiger partial charge >= 0.3 is 4.87 Å². The lowest BCUT2D eigenvalue weighted by atomic mass is 9.83. The molecule has 2 aromatic carbocycles. The third kappa shape index (κ3) is 4.36. The summed E-state index contributed by atoms with van der Waals surface area (Å²) in [5.74, 6) is -1.24. The van der Waals surface area contributed by atoms with Crippen molar-refractivity contribution in [2.45, 2.75) is 16.2 Å². The van der Waals surface area contributed by atoms with E-state index in [-0.39, 0.29) is 29.2 Å². The lowest BCUT2D eigenvalue weighted by molar-refractivity contribution is -0.137. The highest BCUT2D eigenvalue weighted by Gasteiger charge is 2.56. The van der Waals surface area contributed by atoms with Crippen molar-refractivity contribution in [1.82, 2.24) is 9.88 Å². The summed E-state index contributed by atoms with van der Waals surface area (Å²) in [6, 6.07) is 16.1. The zero-order chi connectivity index (χ0) is 25.5. The van der Waals surface area contributed by atoms with E-state index in [0.29, 0.717) is 42.8 Å². The van der Waals surface area contributed by atoms with Gasteiger partial charge in [-0.25, -0.2) is 4.90 Å². The number of aromatic nitrogens is 1. The molecule has 0 radical (unpaired) electrons. The Morgan fingerprint density at radius 3 is 2.46 bits per heavy atom. The Kier molecular flexibility index (Phi) is 6.35. The maximum atomic E-state index is 13.7. The number of aromatic amines is 1. The normalized spacial score (nSPS) is 23.1. The van der Waals surface area contributed by atoms with Crippen LogP contribution in [0.3, 0.4) is 0 Å². The lowest BCUT2D eigenvalue weighted by Gasteiger charge is -2.30. The molecular weight excluding hydrogens is 514 g/mol. The molecule has 1 N–H and O–H groups in total. The van der Waals surface area contributed by atoms with Crippen LogP contribution < -0.4 is 14.5 Å². The highest BCUT2D eigenvalue weighted by atomic mass is 32.2. The second-order valence-corrected chi connectivity index (χ2v) is 11.1. The van der Waals surface area contributed by atoms with Crippen LogP contribution in [-0.2, 0) is 19.1 Å². The topological polar surface area (TPSA) is 109 Å². The zero-order valence-corrected chi connectivity index (χ0v) is 21.3. The number of rotatable bonds is 5. The van der Waals surface area contributed by atoms with Crippen molar-refractivity contribution in [3.8, 4) is 5.75 Å². The van der Waals surface area contributed by atoms with Crippen LogP contribution in [0.1, 0.15) is 16.4 Å². The minimum Gasteiger partial charge on any atom is -0.484 e. The van der Waals surface area contributed by atoms with Gasteiger partial charge in [-0.2, -0.15) is 0 Å².